The molecule has 1 amide bonds. The maximum absolute atomic E-state index is 13.5. The third-order valence-corrected chi connectivity index (χ3v) is 3.44. The summed E-state index contributed by atoms with van der Waals surface area (Å²) in [6.07, 6.45) is 3.08. The molecule has 1 N–H and O–H groups in total. The molecule has 5 nitrogen and oxygen atoms in total. The fourth-order valence-electron chi connectivity index (χ4n) is 2.28. The van der Waals surface area contributed by atoms with Crippen LogP contribution in [0.3, 0.4) is 0 Å². The lowest BCUT2D eigenvalue weighted by atomic mass is 10.2. The molecular formula is C16H14F2N4O. The number of aromatic nitrogens is 3. The summed E-state index contributed by atoms with van der Waals surface area (Å²) in [5, 5.41) is 10.7. The zero-order valence-corrected chi connectivity index (χ0v) is 12.2. The van der Waals surface area contributed by atoms with E-state index in [0.29, 0.717) is 19.4 Å². The first-order chi connectivity index (χ1) is 11.2. The minimum absolute atomic E-state index is 0.294. The van der Waals surface area contributed by atoms with Crippen LogP contribution in [0.15, 0.2) is 42.6 Å². The second-order valence-corrected chi connectivity index (χ2v) is 5.01. The number of amides is 1. The van der Waals surface area contributed by atoms with Crippen LogP contribution in [0.25, 0.3) is 5.65 Å². The number of hydrogen-bond acceptors (Lipinski definition) is 3. The molecule has 0 saturated carbocycles. The Bertz CT molecular complexity index is 847. The van der Waals surface area contributed by atoms with E-state index in [1.165, 1.54) is 12.1 Å². The van der Waals surface area contributed by atoms with Gasteiger partial charge < -0.3 is 5.32 Å². The van der Waals surface area contributed by atoms with E-state index in [0.717, 1.165) is 17.5 Å². The lowest BCUT2D eigenvalue weighted by molar-refractivity contribution is 0.0948. The molecule has 118 valence electrons. The number of rotatable bonds is 5. The number of carbonyl (C=O) groups excluding carboxylic acids is 1. The average Bonchev–Trinajstić information content (AvgIpc) is 2.97. The van der Waals surface area contributed by atoms with Gasteiger partial charge in [0.2, 0.25) is 0 Å². The Balaban J connectivity index is 1.55. The van der Waals surface area contributed by atoms with Crippen LogP contribution in [0.2, 0.25) is 0 Å². The van der Waals surface area contributed by atoms with E-state index < -0.39 is 17.5 Å². The Morgan fingerprint density at radius 2 is 2.00 bits per heavy atom. The molecule has 0 fully saturated rings. The Kier molecular flexibility index (Phi) is 4.27. The lowest BCUT2D eigenvalue weighted by Crippen LogP contribution is -2.26. The van der Waals surface area contributed by atoms with Gasteiger partial charge >= 0.3 is 0 Å². The maximum atomic E-state index is 13.5. The summed E-state index contributed by atoms with van der Waals surface area (Å²) in [5.74, 6) is -2.01. The van der Waals surface area contributed by atoms with Crippen LogP contribution in [0.1, 0.15) is 22.6 Å². The van der Waals surface area contributed by atoms with E-state index in [4.69, 9.17) is 0 Å². The first-order valence-electron chi connectivity index (χ1n) is 7.17. The lowest BCUT2D eigenvalue weighted by Gasteiger charge is -2.06. The van der Waals surface area contributed by atoms with Crippen LogP contribution in [0, 0.1) is 11.6 Å². The molecular weight excluding hydrogens is 302 g/mol. The number of halogens is 2. The van der Waals surface area contributed by atoms with Gasteiger partial charge in [0, 0.05) is 19.2 Å². The molecule has 2 aromatic heterocycles. The largest absolute Gasteiger partial charge is 0.352 e. The van der Waals surface area contributed by atoms with E-state index >= 15 is 0 Å². The molecule has 0 unspecified atom stereocenters. The van der Waals surface area contributed by atoms with Crippen LogP contribution in [0.5, 0.6) is 0 Å². The van der Waals surface area contributed by atoms with Gasteiger partial charge in [-0.25, -0.2) is 8.78 Å². The number of fused-ring (bicyclic) bond motifs is 1. The van der Waals surface area contributed by atoms with E-state index in [9.17, 15) is 13.6 Å². The summed E-state index contributed by atoms with van der Waals surface area (Å²) in [6, 6.07) is 9.14. The Labute approximate surface area is 131 Å². The highest BCUT2D eigenvalue weighted by molar-refractivity contribution is 5.94. The van der Waals surface area contributed by atoms with Gasteiger partial charge in [0.25, 0.3) is 5.91 Å². The van der Waals surface area contributed by atoms with Gasteiger partial charge in [-0.3, -0.25) is 9.20 Å². The van der Waals surface area contributed by atoms with Gasteiger partial charge in [-0.05, 0) is 30.7 Å². The van der Waals surface area contributed by atoms with Crippen molar-refractivity contribution in [3.8, 4) is 0 Å². The SMILES string of the molecule is O=C(NCCCc1nnc2ccccn12)c1cccc(F)c1F. The highest BCUT2D eigenvalue weighted by Gasteiger charge is 2.14. The highest BCUT2D eigenvalue weighted by Crippen LogP contribution is 2.11. The van der Waals surface area contributed by atoms with Crippen LogP contribution in [-0.2, 0) is 6.42 Å². The zero-order chi connectivity index (χ0) is 16.2. The number of carbonyl (C=O) groups is 1. The summed E-state index contributed by atoms with van der Waals surface area (Å²) in [6.45, 7) is 0.330. The number of nitrogens with zero attached hydrogens (tertiary/aromatic N) is 3. The van der Waals surface area contributed by atoms with Gasteiger partial charge in [-0.15, -0.1) is 10.2 Å². The monoisotopic (exact) mass is 316 g/mol. The van der Waals surface area contributed by atoms with Crippen LogP contribution >= 0.6 is 0 Å². The second-order valence-electron chi connectivity index (χ2n) is 5.01. The van der Waals surface area contributed by atoms with Crippen molar-refractivity contribution < 1.29 is 13.6 Å². The van der Waals surface area contributed by atoms with Gasteiger partial charge in [-0.2, -0.15) is 0 Å². The molecule has 0 radical (unpaired) electrons. The van der Waals surface area contributed by atoms with E-state index in [2.05, 4.69) is 15.5 Å². The first-order valence-corrected chi connectivity index (χ1v) is 7.17. The van der Waals surface area contributed by atoms with Crippen LogP contribution < -0.4 is 5.32 Å². The zero-order valence-electron chi connectivity index (χ0n) is 12.2. The molecule has 0 saturated heterocycles. The van der Waals surface area contributed by atoms with Gasteiger partial charge in [0.15, 0.2) is 17.3 Å². The van der Waals surface area contributed by atoms with Crippen molar-refractivity contribution in [3.05, 3.63) is 65.6 Å². The van der Waals surface area contributed by atoms with E-state index in [1.807, 2.05) is 28.8 Å². The average molecular weight is 316 g/mol. The summed E-state index contributed by atoms with van der Waals surface area (Å²) < 4.78 is 28.5. The minimum Gasteiger partial charge on any atom is -0.352 e. The third-order valence-electron chi connectivity index (χ3n) is 3.44. The summed E-state index contributed by atoms with van der Waals surface area (Å²) in [5.41, 5.74) is 0.464. The van der Waals surface area contributed by atoms with E-state index in [-0.39, 0.29) is 5.56 Å². The summed E-state index contributed by atoms with van der Waals surface area (Å²) in [7, 11) is 0. The second kappa shape index (κ2) is 6.51. The minimum atomic E-state index is -1.13. The summed E-state index contributed by atoms with van der Waals surface area (Å²) >= 11 is 0. The highest BCUT2D eigenvalue weighted by atomic mass is 19.2. The van der Waals surface area contributed by atoms with Crippen molar-refractivity contribution in [1.82, 2.24) is 19.9 Å². The number of nitrogens with one attached hydrogen (secondary N) is 1. The number of aryl methyl sites for hydroxylation is 1. The van der Waals surface area contributed by atoms with Gasteiger partial charge in [0.05, 0.1) is 5.56 Å². The van der Waals surface area contributed by atoms with E-state index in [1.54, 1.807) is 0 Å². The molecule has 7 heteroatoms. The Hall–Kier alpha value is -2.83. The molecule has 0 spiro atoms. The third kappa shape index (κ3) is 3.18. The fourth-order valence-corrected chi connectivity index (χ4v) is 2.28. The summed E-state index contributed by atoms with van der Waals surface area (Å²) in [4.78, 5) is 11.8. The Morgan fingerprint density at radius 3 is 2.87 bits per heavy atom. The molecule has 0 bridgehead atoms. The molecule has 0 aliphatic heterocycles. The maximum Gasteiger partial charge on any atom is 0.254 e. The molecule has 0 aliphatic rings. The quantitative estimate of drug-likeness (QED) is 0.735. The predicted molar refractivity (Wildman–Crippen MR) is 80.0 cm³/mol. The smallest absolute Gasteiger partial charge is 0.254 e. The normalized spacial score (nSPS) is 10.9. The molecule has 0 atom stereocenters. The number of benzene rings is 1. The first kappa shape index (κ1) is 15.1. The van der Waals surface area contributed by atoms with Crippen molar-refractivity contribution in [3.63, 3.8) is 0 Å². The van der Waals surface area contributed by atoms with Crippen molar-refractivity contribution >= 4 is 11.6 Å². The predicted octanol–water partition coefficient (Wildman–Crippen LogP) is 2.37. The standard InChI is InChI=1S/C16H14F2N4O/c17-12-6-3-5-11(15(12)18)16(23)19-9-4-8-14-21-20-13-7-1-2-10-22(13)14/h1-3,5-7,10H,4,8-9H2,(H,19,23). The van der Waals surface area contributed by atoms with Crippen molar-refractivity contribution in [2.45, 2.75) is 12.8 Å². The molecule has 2 heterocycles. The van der Waals surface area contributed by atoms with Crippen LogP contribution in [-0.4, -0.2) is 27.0 Å². The molecule has 23 heavy (non-hydrogen) atoms. The molecule has 3 aromatic rings. The molecule has 1 aromatic carbocycles. The van der Waals surface area contributed by atoms with Crippen molar-refractivity contribution in [2.75, 3.05) is 6.54 Å². The number of hydrogen-bond donors (Lipinski definition) is 1. The number of pyridine rings is 1. The Morgan fingerprint density at radius 1 is 1.13 bits per heavy atom. The van der Waals surface area contributed by atoms with Gasteiger partial charge in [0.1, 0.15) is 5.82 Å². The molecule has 0 aliphatic carbocycles. The van der Waals surface area contributed by atoms with Crippen molar-refractivity contribution in [1.29, 1.82) is 0 Å². The topological polar surface area (TPSA) is 59.3 Å². The van der Waals surface area contributed by atoms with Crippen LogP contribution in [0.4, 0.5) is 8.78 Å². The fraction of sp³-hybridized carbons (Fsp3) is 0.188. The van der Waals surface area contributed by atoms with Gasteiger partial charge in [-0.1, -0.05) is 12.1 Å². The van der Waals surface area contributed by atoms with Crippen molar-refractivity contribution in [2.24, 2.45) is 0 Å². The molecule has 3 rings (SSSR count).